The largest absolute Gasteiger partial charge is 0.496 e. The smallest absolute Gasteiger partial charge is 0.335 e. The number of benzene rings is 2. The average Bonchev–Trinajstić information content (AvgIpc) is 3.20. The Hall–Kier alpha value is -3.18. The van der Waals surface area contributed by atoms with E-state index in [4.69, 9.17) is 15.3 Å². The summed E-state index contributed by atoms with van der Waals surface area (Å²) < 4.78 is 5.75. The molecular formula is C24H32N4O6. The number of aliphatic hydroxyl groups is 1. The van der Waals surface area contributed by atoms with Crippen LogP contribution in [0.4, 0.5) is 5.69 Å². The van der Waals surface area contributed by atoms with Gasteiger partial charge in [0, 0.05) is 50.4 Å². The Labute approximate surface area is 198 Å². The van der Waals surface area contributed by atoms with Crippen molar-refractivity contribution < 1.29 is 29.4 Å². The summed E-state index contributed by atoms with van der Waals surface area (Å²) in [5, 5.41) is 23.6. The first-order chi connectivity index (χ1) is 16.2. The fourth-order valence-corrected chi connectivity index (χ4v) is 4.27. The summed E-state index contributed by atoms with van der Waals surface area (Å²) in [5.74, 6) is -1.25. The minimum Gasteiger partial charge on any atom is -0.496 e. The standard InChI is InChI=1S/C24H32N4O6/c1-26-23(30)21-19(13-29)20(11-25)34-28(21)12-14-6-5-7-18(22(14)33-4)15-8-16(24(31)32)10-17(9-15)27(2)3/h5-10,19-21,29H,11-13,25H2,1-4H3,(H,26,30)(H,31,32). The molecule has 1 fully saturated rings. The SMILES string of the molecule is CNC(=O)C1C(CO)C(CN)ON1Cc1cccc(-c2cc(C(=O)O)cc(N(C)C)c2)c1OC. The summed E-state index contributed by atoms with van der Waals surface area (Å²) in [5.41, 5.74) is 8.84. The monoisotopic (exact) mass is 472 g/mol. The number of ether oxygens (including phenoxy) is 1. The fraction of sp³-hybridized carbons (Fsp3) is 0.417. The lowest BCUT2D eigenvalue weighted by atomic mass is 9.94. The number of nitrogens with zero attached hydrogens (tertiary/aromatic N) is 2. The number of para-hydroxylation sites is 1. The van der Waals surface area contributed by atoms with Gasteiger partial charge in [-0.2, -0.15) is 5.06 Å². The zero-order valence-corrected chi connectivity index (χ0v) is 19.8. The molecule has 3 atom stereocenters. The molecule has 184 valence electrons. The van der Waals surface area contributed by atoms with Gasteiger partial charge in [0.05, 0.1) is 31.9 Å². The molecule has 2 aromatic rings. The first-order valence-electron chi connectivity index (χ1n) is 10.9. The van der Waals surface area contributed by atoms with E-state index in [-0.39, 0.29) is 31.2 Å². The second kappa shape index (κ2) is 10.8. The molecule has 34 heavy (non-hydrogen) atoms. The van der Waals surface area contributed by atoms with Crippen LogP contribution < -0.4 is 20.7 Å². The van der Waals surface area contributed by atoms with E-state index in [1.54, 1.807) is 12.1 Å². The number of hydroxylamine groups is 2. The third kappa shape index (κ3) is 5.00. The normalized spacial score (nSPS) is 20.2. The van der Waals surface area contributed by atoms with Crippen LogP contribution in [0.15, 0.2) is 36.4 Å². The molecule has 1 aliphatic heterocycles. The van der Waals surface area contributed by atoms with Gasteiger partial charge in [-0.3, -0.25) is 9.63 Å². The van der Waals surface area contributed by atoms with Crippen LogP contribution in [0.3, 0.4) is 0 Å². The number of hydrogen-bond donors (Lipinski definition) is 4. The van der Waals surface area contributed by atoms with Gasteiger partial charge < -0.3 is 30.9 Å². The number of rotatable bonds is 9. The van der Waals surface area contributed by atoms with Crippen molar-refractivity contribution >= 4 is 17.6 Å². The predicted octanol–water partition coefficient (Wildman–Crippen LogP) is 0.924. The zero-order valence-electron chi connectivity index (χ0n) is 19.8. The Morgan fingerprint density at radius 1 is 1.26 bits per heavy atom. The molecule has 1 heterocycles. The van der Waals surface area contributed by atoms with Crippen LogP contribution in [0.5, 0.6) is 5.75 Å². The minimum atomic E-state index is -1.03. The maximum absolute atomic E-state index is 12.6. The summed E-state index contributed by atoms with van der Waals surface area (Å²) in [7, 11) is 6.75. The number of likely N-dealkylation sites (N-methyl/N-ethyl adjacent to an activating group) is 1. The first kappa shape index (κ1) is 25.4. The Morgan fingerprint density at radius 2 is 2.00 bits per heavy atom. The lowest BCUT2D eigenvalue weighted by Crippen LogP contribution is -2.46. The van der Waals surface area contributed by atoms with Crippen molar-refractivity contribution in [3.05, 3.63) is 47.5 Å². The summed E-state index contributed by atoms with van der Waals surface area (Å²) in [6, 6.07) is 9.91. The lowest BCUT2D eigenvalue weighted by Gasteiger charge is -2.25. The van der Waals surface area contributed by atoms with Crippen molar-refractivity contribution in [3.63, 3.8) is 0 Å². The molecule has 3 unspecified atom stereocenters. The van der Waals surface area contributed by atoms with Crippen molar-refractivity contribution in [2.45, 2.75) is 18.7 Å². The lowest BCUT2D eigenvalue weighted by molar-refractivity contribution is -0.173. The highest BCUT2D eigenvalue weighted by Crippen LogP contribution is 2.38. The Bertz CT molecular complexity index is 1040. The van der Waals surface area contributed by atoms with Crippen molar-refractivity contribution in [2.75, 3.05) is 46.3 Å². The van der Waals surface area contributed by atoms with E-state index in [0.717, 1.165) is 11.3 Å². The van der Waals surface area contributed by atoms with E-state index < -0.39 is 24.0 Å². The maximum atomic E-state index is 12.6. The predicted molar refractivity (Wildman–Crippen MR) is 128 cm³/mol. The van der Waals surface area contributed by atoms with Crippen LogP contribution in [0.25, 0.3) is 11.1 Å². The number of amides is 1. The number of nitrogens with two attached hydrogens (primary N) is 1. The van der Waals surface area contributed by atoms with Crippen LogP contribution in [0.2, 0.25) is 0 Å². The second-order valence-electron chi connectivity index (χ2n) is 8.33. The van der Waals surface area contributed by atoms with Crippen LogP contribution in [0, 0.1) is 5.92 Å². The number of aromatic carboxylic acids is 1. The van der Waals surface area contributed by atoms with E-state index >= 15 is 0 Å². The molecule has 0 bridgehead atoms. The quantitative estimate of drug-likeness (QED) is 0.420. The van der Waals surface area contributed by atoms with Crippen LogP contribution in [-0.4, -0.2) is 80.7 Å². The summed E-state index contributed by atoms with van der Waals surface area (Å²) in [6.45, 7) is 0.103. The molecule has 0 saturated carbocycles. The highest BCUT2D eigenvalue weighted by molar-refractivity contribution is 5.92. The van der Waals surface area contributed by atoms with Crippen LogP contribution >= 0.6 is 0 Å². The second-order valence-corrected chi connectivity index (χ2v) is 8.33. The van der Waals surface area contributed by atoms with Gasteiger partial charge in [-0.1, -0.05) is 18.2 Å². The molecule has 10 nitrogen and oxygen atoms in total. The minimum absolute atomic E-state index is 0.154. The number of hydrogen-bond acceptors (Lipinski definition) is 8. The van der Waals surface area contributed by atoms with Gasteiger partial charge in [0.2, 0.25) is 5.91 Å². The molecular weight excluding hydrogens is 440 g/mol. The number of carboxylic acids is 1. The number of methoxy groups -OCH3 is 1. The summed E-state index contributed by atoms with van der Waals surface area (Å²) >= 11 is 0. The Morgan fingerprint density at radius 3 is 2.56 bits per heavy atom. The van der Waals surface area contributed by atoms with E-state index in [2.05, 4.69) is 5.32 Å². The van der Waals surface area contributed by atoms with Gasteiger partial charge in [-0.25, -0.2) is 4.79 Å². The zero-order chi connectivity index (χ0) is 25.0. The van der Waals surface area contributed by atoms with E-state index in [1.165, 1.54) is 19.2 Å². The third-order valence-corrected chi connectivity index (χ3v) is 6.04. The highest BCUT2D eigenvalue weighted by Gasteiger charge is 2.46. The van der Waals surface area contributed by atoms with Crippen molar-refractivity contribution in [1.29, 1.82) is 0 Å². The van der Waals surface area contributed by atoms with Gasteiger partial charge in [-0.15, -0.1) is 0 Å². The van der Waals surface area contributed by atoms with Gasteiger partial charge in [0.15, 0.2) is 0 Å². The van der Waals surface area contributed by atoms with Crippen molar-refractivity contribution in [1.82, 2.24) is 10.4 Å². The molecule has 3 rings (SSSR count). The summed E-state index contributed by atoms with van der Waals surface area (Å²) in [4.78, 5) is 32.1. The van der Waals surface area contributed by atoms with Gasteiger partial charge in [0.25, 0.3) is 0 Å². The number of carbonyl (C=O) groups is 2. The fourth-order valence-electron chi connectivity index (χ4n) is 4.27. The molecule has 0 spiro atoms. The van der Waals surface area contributed by atoms with Crippen molar-refractivity contribution in [2.24, 2.45) is 11.7 Å². The third-order valence-electron chi connectivity index (χ3n) is 6.04. The number of carboxylic acid groups (broad SMARTS) is 1. The number of aliphatic hydroxyl groups excluding tert-OH is 1. The van der Waals surface area contributed by atoms with Gasteiger partial charge >= 0.3 is 5.97 Å². The Kier molecular flexibility index (Phi) is 8.11. The molecule has 0 aliphatic carbocycles. The average molecular weight is 473 g/mol. The molecule has 5 N–H and O–H groups in total. The molecule has 1 amide bonds. The van der Waals surface area contributed by atoms with E-state index in [1.807, 2.05) is 43.3 Å². The number of anilines is 1. The molecule has 10 heteroatoms. The highest BCUT2D eigenvalue weighted by atomic mass is 16.7. The molecule has 2 aromatic carbocycles. The van der Waals surface area contributed by atoms with Gasteiger partial charge in [0.1, 0.15) is 11.8 Å². The Balaban J connectivity index is 2.05. The van der Waals surface area contributed by atoms with Gasteiger partial charge in [-0.05, 0) is 23.8 Å². The van der Waals surface area contributed by atoms with Crippen LogP contribution in [-0.2, 0) is 16.2 Å². The maximum Gasteiger partial charge on any atom is 0.335 e. The van der Waals surface area contributed by atoms with Crippen LogP contribution in [0.1, 0.15) is 15.9 Å². The van der Waals surface area contributed by atoms with Crippen molar-refractivity contribution in [3.8, 4) is 16.9 Å². The van der Waals surface area contributed by atoms with E-state index in [0.29, 0.717) is 16.9 Å². The first-order valence-corrected chi connectivity index (χ1v) is 10.9. The van der Waals surface area contributed by atoms with E-state index in [9.17, 15) is 19.8 Å². The molecule has 1 saturated heterocycles. The molecule has 1 aliphatic rings. The summed E-state index contributed by atoms with van der Waals surface area (Å²) in [6.07, 6.45) is -0.503. The molecule has 0 radical (unpaired) electrons. The number of nitrogens with one attached hydrogen (secondary N) is 1. The number of carbonyl (C=O) groups excluding carboxylic acids is 1. The topological polar surface area (TPSA) is 138 Å². The molecule has 0 aromatic heterocycles.